The Morgan fingerprint density at radius 2 is 1.47 bits per heavy atom. The molecule has 0 aliphatic carbocycles. The Morgan fingerprint density at radius 3 is 2.20 bits per heavy atom. The minimum absolute atomic E-state index is 1.25. The molecule has 0 amide bonds. The number of rotatable bonds is 3. The summed E-state index contributed by atoms with van der Waals surface area (Å²) in [5.74, 6) is 0. The number of benzene rings is 2. The van der Waals surface area contributed by atoms with Gasteiger partial charge >= 0.3 is 0 Å². The summed E-state index contributed by atoms with van der Waals surface area (Å²) in [6.45, 7) is 0. The summed E-state index contributed by atoms with van der Waals surface area (Å²) >= 11 is 4.17. The molecule has 0 spiro atoms. The lowest BCUT2D eigenvalue weighted by Gasteiger charge is -2.06. The maximum absolute atomic E-state index is 4.17. The van der Waals surface area contributed by atoms with Gasteiger partial charge in [-0.05, 0) is 37.8 Å². The van der Waals surface area contributed by atoms with Crippen molar-refractivity contribution in [3.05, 3.63) is 54.6 Å². The molecule has 2 aromatic rings. The molecule has 2 rings (SSSR count). The quantitative estimate of drug-likeness (QED) is 0.605. The highest BCUT2D eigenvalue weighted by atomic mass is 33.5. The summed E-state index contributed by atoms with van der Waals surface area (Å²) in [5, 5.41) is 0. The monoisotopic (exact) mass is 250 g/mol. The Kier molecular flexibility index (Phi) is 4.06. The van der Waals surface area contributed by atoms with E-state index in [0.29, 0.717) is 0 Å². The normalized spacial score (nSPS) is 10.2. The zero-order valence-electron chi connectivity index (χ0n) is 7.96. The molecule has 0 N–H and O–H groups in total. The molecule has 0 bridgehead atoms. The van der Waals surface area contributed by atoms with Crippen molar-refractivity contribution in [1.82, 2.24) is 0 Å². The van der Waals surface area contributed by atoms with Crippen molar-refractivity contribution in [3.8, 4) is 11.1 Å². The zero-order chi connectivity index (χ0) is 10.5. The van der Waals surface area contributed by atoms with Gasteiger partial charge in [0.2, 0.25) is 0 Å². The van der Waals surface area contributed by atoms with E-state index in [1.165, 1.54) is 25.8 Å². The fraction of sp³-hybridized carbons (Fsp3) is 0. The van der Waals surface area contributed by atoms with Crippen LogP contribution in [0.2, 0.25) is 0 Å². The second-order valence-corrected chi connectivity index (χ2v) is 6.06. The van der Waals surface area contributed by atoms with E-state index in [1.54, 1.807) is 10.8 Å². The van der Waals surface area contributed by atoms with Crippen molar-refractivity contribution >= 4 is 32.3 Å². The van der Waals surface area contributed by atoms with E-state index < -0.39 is 0 Å². The van der Waals surface area contributed by atoms with Crippen molar-refractivity contribution in [2.24, 2.45) is 0 Å². The van der Waals surface area contributed by atoms with E-state index in [0.717, 1.165) is 0 Å². The lowest BCUT2D eigenvalue weighted by Crippen LogP contribution is -1.79. The Labute approximate surface area is 103 Å². The second-order valence-electron chi connectivity index (χ2n) is 3.02. The maximum Gasteiger partial charge on any atom is 0.0269 e. The van der Waals surface area contributed by atoms with Gasteiger partial charge in [0.15, 0.2) is 0 Å². The van der Waals surface area contributed by atoms with Gasteiger partial charge < -0.3 is 0 Å². The molecule has 0 radical (unpaired) electrons. The van der Waals surface area contributed by atoms with E-state index in [2.05, 4.69) is 60.2 Å². The van der Waals surface area contributed by atoms with Crippen molar-refractivity contribution < 1.29 is 0 Å². The van der Waals surface area contributed by atoms with Crippen LogP contribution in [-0.4, -0.2) is 0 Å². The molecular formula is C12H10S3. The summed E-state index contributed by atoms with van der Waals surface area (Å²) in [6, 6.07) is 18.8. The van der Waals surface area contributed by atoms with Gasteiger partial charge in [0.05, 0.1) is 0 Å². The Morgan fingerprint density at radius 1 is 0.800 bits per heavy atom. The van der Waals surface area contributed by atoms with Gasteiger partial charge in [-0.2, -0.15) is 0 Å². The number of hydrogen-bond donors (Lipinski definition) is 1. The van der Waals surface area contributed by atoms with Crippen LogP contribution in [-0.2, 0) is 0 Å². The van der Waals surface area contributed by atoms with Gasteiger partial charge in [-0.15, -0.1) is 0 Å². The molecule has 0 fully saturated rings. The maximum atomic E-state index is 4.17. The SMILES string of the molecule is SSSc1ccccc1-c1ccccc1. The van der Waals surface area contributed by atoms with Crippen molar-refractivity contribution in [3.63, 3.8) is 0 Å². The smallest absolute Gasteiger partial charge is 0.0269 e. The largest absolute Gasteiger partial charge is 0.0994 e. The van der Waals surface area contributed by atoms with Crippen LogP contribution >= 0.6 is 32.3 Å². The van der Waals surface area contributed by atoms with Crippen molar-refractivity contribution in [2.75, 3.05) is 0 Å². The van der Waals surface area contributed by atoms with E-state index in [1.807, 2.05) is 6.07 Å². The van der Waals surface area contributed by atoms with Gasteiger partial charge in [-0.1, -0.05) is 60.2 Å². The molecule has 0 unspecified atom stereocenters. The van der Waals surface area contributed by atoms with Gasteiger partial charge in [0.25, 0.3) is 0 Å². The summed E-state index contributed by atoms with van der Waals surface area (Å²) in [7, 11) is 3.15. The van der Waals surface area contributed by atoms with Crippen LogP contribution in [0.1, 0.15) is 0 Å². The zero-order valence-corrected chi connectivity index (χ0v) is 10.5. The standard InChI is InChI=1S/C12H10S3/c13-15-14-12-9-5-4-8-11(12)10-6-2-1-3-7-10/h1-9,13H. The second kappa shape index (κ2) is 5.54. The lowest BCUT2D eigenvalue weighted by molar-refractivity contribution is 1.45. The molecule has 0 atom stereocenters. The summed E-state index contributed by atoms with van der Waals surface area (Å²) in [4.78, 5) is 1.25. The lowest BCUT2D eigenvalue weighted by atomic mass is 10.1. The first-order valence-electron chi connectivity index (χ1n) is 4.54. The van der Waals surface area contributed by atoms with Gasteiger partial charge in [0.1, 0.15) is 0 Å². The van der Waals surface area contributed by atoms with Crippen LogP contribution in [0.15, 0.2) is 59.5 Å². The topological polar surface area (TPSA) is 0 Å². The molecule has 3 heteroatoms. The molecule has 0 saturated carbocycles. The number of hydrogen-bond acceptors (Lipinski definition) is 3. The molecule has 0 aromatic heterocycles. The van der Waals surface area contributed by atoms with Crippen molar-refractivity contribution in [1.29, 1.82) is 0 Å². The Bertz CT molecular complexity index is 426. The van der Waals surface area contributed by atoms with Gasteiger partial charge in [0, 0.05) is 4.90 Å². The summed E-state index contributed by atoms with van der Waals surface area (Å²) in [5.41, 5.74) is 2.52. The summed E-state index contributed by atoms with van der Waals surface area (Å²) < 4.78 is 0. The molecule has 0 heterocycles. The molecular weight excluding hydrogens is 240 g/mol. The first-order valence-corrected chi connectivity index (χ1v) is 7.74. The molecule has 0 saturated heterocycles. The summed E-state index contributed by atoms with van der Waals surface area (Å²) in [6.07, 6.45) is 0. The van der Waals surface area contributed by atoms with E-state index >= 15 is 0 Å². The molecule has 0 nitrogen and oxygen atoms in total. The minimum Gasteiger partial charge on any atom is -0.0994 e. The van der Waals surface area contributed by atoms with E-state index in [-0.39, 0.29) is 0 Å². The predicted octanol–water partition coefficient (Wildman–Crippen LogP) is 4.94. The molecule has 0 aliphatic rings. The van der Waals surface area contributed by atoms with E-state index in [9.17, 15) is 0 Å². The van der Waals surface area contributed by atoms with Crippen LogP contribution < -0.4 is 0 Å². The highest BCUT2D eigenvalue weighted by Crippen LogP contribution is 2.39. The fourth-order valence-electron chi connectivity index (χ4n) is 1.44. The third kappa shape index (κ3) is 2.74. The first kappa shape index (κ1) is 11.0. The van der Waals surface area contributed by atoms with Gasteiger partial charge in [-0.3, -0.25) is 0 Å². The van der Waals surface area contributed by atoms with Crippen LogP contribution in [0.3, 0.4) is 0 Å². The Hall–Kier alpha value is -0.510. The van der Waals surface area contributed by atoms with Crippen LogP contribution in [0.5, 0.6) is 0 Å². The van der Waals surface area contributed by atoms with Crippen molar-refractivity contribution in [2.45, 2.75) is 4.90 Å². The third-order valence-electron chi connectivity index (χ3n) is 2.10. The van der Waals surface area contributed by atoms with Crippen LogP contribution in [0.4, 0.5) is 0 Å². The molecule has 0 aliphatic heterocycles. The highest BCUT2D eigenvalue weighted by molar-refractivity contribution is 9.05. The number of thiol groups is 1. The fourth-order valence-corrected chi connectivity index (χ4v) is 3.33. The predicted molar refractivity (Wildman–Crippen MR) is 74.3 cm³/mol. The van der Waals surface area contributed by atoms with Gasteiger partial charge in [-0.25, -0.2) is 0 Å². The van der Waals surface area contributed by atoms with Crippen LogP contribution in [0.25, 0.3) is 11.1 Å². The Balaban J connectivity index is 2.43. The molecule has 2 aromatic carbocycles. The highest BCUT2D eigenvalue weighted by Gasteiger charge is 2.03. The van der Waals surface area contributed by atoms with Crippen LogP contribution in [0, 0.1) is 0 Å². The third-order valence-corrected chi connectivity index (χ3v) is 4.14. The molecule has 76 valence electrons. The van der Waals surface area contributed by atoms with E-state index in [4.69, 9.17) is 0 Å². The molecule has 15 heavy (non-hydrogen) atoms. The average molecular weight is 250 g/mol. The minimum atomic E-state index is 1.25. The first-order chi connectivity index (χ1) is 7.42. The average Bonchev–Trinajstić information content (AvgIpc) is 2.31.